The topological polar surface area (TPSA) is 96.4 Å². The molecule has 0 saturated heterocycles. The number of aryl methyl sites for hydroxylation is 1. The summed E-state index contributed by atoms with van der Waals surface area (Å²) in [5, 5.41) is 12.0. The maximum absolute atomic E-state index is 12.5. The summed E-state index contributed by atoms with van der Waals surface area (Å²) in [6.45, 7) is 8.31. The monoisotopic (exact) mass is 458 g/mol. The van der Waals surface area contributed by atoms with E-state index in [1.807, 2.05) is 5.38 Å². The van der Waals surface area contributed by atoms with Gasteiger partial charge in [0.05, 0.1) is 16.2 Å². The Kier molecular flexibility index (Phi) is 6.64. The second-order valence-electron chi connectivity index (χ2n) is 8.40. The minimum atomic E-state index is -3.81. The molecule has 1 aromatic heterocycles. The number of thiazole rings is 1. The van der Waals surface area contributed by atoms with Gasteiger partial charge in [-0.3, -0.25) is 0 Å². The van der Waals surface area contributed by atoms with Crippen molar-refractivity contribution in [1.29, 1.82) is 0 Å². The van der Waals surface area contributed by atoms with Crippen LogP contribution in [0.5, 0.6) is 0 Å². The summed E-state index contributed by atoms with van der Waals surface area (Å²) in [5.74, 6) is -1.15. The summed E-state index contributed by atoms with van der Waals surface area (Å²) in [6.07, 6.45) is 0.438. The molecule has 0 unspecified atom stereocenters. The average Bonchev–Trinajstić information content (AvgIpc) is 3.16. The van der Waals surface area contributed by atoms with E-state index in [0.29, 0.717) is 12.0 Å². The lowest BCUT2D eigenvalue weighted by molar-refractivity contribution is 0.0696. The number of aromatic carboxylic acids is 1. The number of carbonyl (C=O) groups is 1. The maximum Gasteiger partial charge on any atom is 0.335 e. The van der Waals surface area contributed by atoms with Crippen molar-refractivity contribution in [1.82, 2.24) is 9.71 Å². The lowest BCUT2D eigenvalue weighted by Gasteiger charge is -2.18. The summed E-state index contributed by atoms with van der Waals surface area (Å²) < 4.78 is 27.6. The van der Waals surface area contributed by atoms with Crippen molar-refractivity contribution in [2.24, 2.45) is 0 Å². The highest BCUT2D eigenvalue weighted by Crippen LogP contribution is 2.28. The van der Waals surface area contributed by atoms with Gasteiger partial charge in [-0.2, -0.15) is 0 Å². The van der Waals surface area contributed by atoms with Crippen molar-refractivity contribution >= 4 is 27.3 Å². The molecule has 0 amide bonds. The van der Waals surface area contributed by atoms with Gasteiger partial charge in [-0.25, -0.2) is 22.9 Å². The van der Waals surface area contributed by atoms with Gasteiger partial charge in [0.25, 0.3) is 0 Å². The average molecular weight is 459 g/mol. The molecule has 0 radical (unpaired) electrons. The van der Waals surface area contributed by atoms with Crippen LogP contribution in [0, 0.1) is 6.92 Å². The SMILES string of the molecule is Cc1ccc(S(=O)(=O)NCCc2csc(-c3ccc(C(C)(C)C)cc3)n2)cc1C(=O)O. The van der Waals surface area contributed by atoms with E-state index >= 15 is 0 Å². The van der Waals surface area contributed by atoms with E-state index in [1.54, 1.807) is 6.92 Å². The van der Waals surface area contributed by atoms with Crippen LogP contribution in [0.2, 0.25) is 0 Å². The van der Waals surface area contributed by atoms with Crippen molar-refractivity contribution in [2.45, 2.75) is 44.4 Å². The molecule has 3 aromatic rings. The number of carboxylic acids is 1. The predicted octanol–water partition coefficient (Wildman–Crippen LogP) is 4.64. The Morgan fingerprint density at radius 1 is 1.13 bits per heavy atom. The number of sulfonamides is 1. The Hall–Kier alpha value is -2.55. The quantitative estimate of drug-likeness (QED) is 0.538. The summed E-state index contributed by atoms with van der Waals surface area (Å²) in [5.41, 5.74) is 3.67. The van der Waals surface area contributed by atoms with Crippen molar-refractivity contribution in [2.75, 3.05) is 6.54 Å². The molecule has 6 nitrogen and oxygen atoms in total. The molecule has 0 spiro atoms. The highest BCUT2D eigenvalue weighted by molar-refractivity contribution is 7.89. The van der Waals surface area contributed by atoms with Gasteiger partial charge in [-0.1, -0.05) is 51.1 Å². The normalized spacial score (nSPS) is 12.1. The number of hydrogen-bond donors (Lipinski definition) is 2. The minimum absolute atomic E-state index is 0.0236. The van der Waals surface area contributed by atoms with Gasteiger partial charge in [-0.05, 0) is 35.6 Å². The molecule has 3 rings (SSSR count). The smallest absolute Gasteiger partial charge is 0.335 e. The number of rotatable bonds is 7. The Balaban J connectivity index is 1.65. The molecule has 164 valence electrons. The maximum atomic E-state index is 12.5. The molecule has 0 saturated carbocycles. The third-order valence-corrected chi connectivity index (χ3v) is 7.37. The second kappa shape index (κ2) is 8.90. The number of benzene rings is 2. The van der Waals surface area contributed by atoms with E-state index < -0.39 is 16.0 Å². The van der Waals surface area contributed by atoms with Crippen LogP contribution in [-0.4, -0.2) is 31.0 Å². The first-order chi connectivity index (χ1) is 14.5. The van der Waals surface area contributed by atoms with Gasteiger partial charge < -0.3 is 5.11 Å². The lowest BCUT2D eigenvalue weighted by atomic mass is 9.87. The van der Waals surface area contributed by atoms with E-state index in [2.05, 4.69) is 54.7 Å². The molecule has 0 aliphatic rings. The molecule has 0 aliphatic heterocycles. The molecular formula is C23H26N2O4S2. The zero-order valence-corrected chi connectivity index (χ0v) is 19.6. The standard InChI is InChI=1S/C23H26N2O4S2/c1-15-5-10-19(13-20(15)22(26)27)31(28,29)24-12-11-18-14-30-21(25-18)16-6-8-17(9-7-16)23(2,3)4/h5-10,13-14,24H,11-12H2,1-4H3,(H,26,27). The zero-order chi connectivity index (χ0) is 22.8. The number of aromatic nitrogens is 1. The Morgan fingerprint density at radius 2 is 1.81 bits per heavy atom. The van der Waals surface area contributed by atoms with Crippen molar-refractivity contribution in [3.8, 4) is 10.6 Å². The van der Waals surface area contributed by atoms with Gasteiger partial charge in [0.1, 0.15) is 5.01 Å². The lowest BCUT2D eigenvalue weighted by Crippen LogP contribution is -2.26. The Bertz CT molecular complexity index is 1190. The number of hydrogen-bond acceptors (Lipinski definition) is 5. The highest BCUT2D eigenvalue weighted by Gasteiger charge is 2.18. The van der Waals surface area contributed by atoms with Gasteiger partial charge in [0.2, 0.25) is 10.0 Å². The third-order valence-electron chi connectivity index (χ3n) is 4.97. The largest absolute Gasteiger partial charge is 0.478 e. The molecule has 0 bridgehead atoms. The number of carboxylic acid groups (broad SMARTS) is 1. The fourth-order valence-electron chi connectivity index (χ4n) is 3.06. The third kappa shape index (κ3) is 5.58. The Morgan fingerprint density at radius 3 is 2.42 bits per heavy atom. The van der Waals surface area contributed by atoms with Gasteiger partial charge >= 0.3 is 5.97 Å². The van der Waals surface area contributed by atoms with Crippen LogP contribution < -0.4 is 4.72 Å². The second-order valence-corrected chi connectivity index (χ2v) is 11.0. The fraction of sp³-hybridized carbons (Fsp3) is 0.304. The van der Waals surface area contributed by atoms with Gasteiger partial charge in [0, 0.05) is 23.9 Å². The first kappa shape index (κ1) is 23.1. The molecule has 0 atom stereocenters. The van der Waals surface area contributed by atoms with Gasteiger partial charge in [-0.15, -0.1) is 11.3 Å². The van der Waals surface area contributed by atoms with Crippen molar-refractivity contribution in [3.05, 3.63) is 70.2 Å². The minimum Gasteiger partial charge on any atom is -0.478 e. The van der Waals surface area contributed by atoms with E-state index in [0.717, 1.165) is 16.3 Å². The van der Waals surface area contributed by atoms with Crippen LogP contribution in [0.15, 0.2) is 52.7 Å². The summed E-state index contributed by atoms with van der Waals surface area (Å²) in [7, 11) is -3.81. The molecule has 2 aromatic carbocycles. The van der Waals surface area contributed by atoms with Crippen LogP contribution in [0.1, 0.15) is 48.0 Å². The van der Waals surface area contributed by atoms with Crippen LogP contribution in [0.3, 0.4) is 0 Å². The van der Waals surface area contributed by atoms with Crippen LogP contribution in [-0.2, 0) is 21.9 Å². The molecule has 2 N–H and O–H groups in total. The van der Waals surface area contributed by atoms with E-state index in [9.17, 15) is 18.3 Å². The van der Waals surface area contributed by atoms with E-state index in [-0.39, 0.29) is 22.4 Å². The van der Waals surface area contributed by atoms with Crippen LogP contribution in [0.25, 0.3) is 10.6 Å². The van der Waals surface area contributed by atoms with E-state index in [1.165, 1.54) is 35.1 Å². The molecule has 0 fully saturated rings. The van der Waals surface area contributed by atoms with Crippen LogP contribution in [0.4, 0.5) is 0 Å². The molecule has 1 heterocycles. The van der Waals surface area contributed by atoms with Gasteiger partial charge in [0.15, 0.2) is 0 Å². The van der Waals surface area contributed by atoms with E-state index in [4.69, 9.17) is 0 Å². The van der Waals surface area contributed by atoms with Crippen molar-refractivity contribution in [3.63, 3.8) is 0 Å². The molecular weight excluding hydrogens is 432 g/mol. The first-order valence-corrected chi connectivity index (χ1v) is 12.2. The summed E-state index contributed by atoms with van der Waals surface area (Å²) in [6, 6.07) is 12.4. The Labute approximate surface area is 187 Å². The number of nitrogens with one attached hydrogen (secondary N) is 1. The zero-order valence-electron chi connectivity index (χ0n) is 18.0. The summed E-state index contributed by atoms with van der Waals surface area (Å²) >= 11 is 1.52. The predicted molar refractivity (Wildman–Crippen MR) is 123 cm³/mol. The summed E-state index contributed by atoms with van der Waals surface area (Å²) in [4.78, 5) is 15.8. The van der Waals surface area contributed by atoms with Crippen molar-refractivity contribution < 1.29 is 18.3 Å². The first-order valence-electron chi connectivity index (χ1n) is 9.86. The van der Waals surface area contributed by atoms with Crippen LogP contribution >= 0.6 is 11.3 Å². The highest BCUT2D eigenvalue weighted by atomic mass is 32.2. The fourth-order valence-corrected chi connectivity index (χ4v) is 4.98. The number of nitrogens with zero attached hydrogens (tertiary/aromatic N) is 1. The molecule has 8 heteroatoms. The molecule has 31 heavy (non-hydrogen) atoms. The molecule has 0 aliphatic carbocycles.